The summed E-state index contributed by atoms with van der Waals surface area (Å²) in [5.74, 6) is 0.944. The van der Waals surface area contributed by atoms with Gasteiger partial charge in [-0.25, -0.2) is 4.99 Å². The van der Waals surface area contributed by atoms with Gasteiger partial charge >= 0.3 is 0 Å². The van der Waals surface area contributed by atoms with E-state index in [2.05, 4.69) is 5.32 Å². The number of carbonyl (C=O) groups is 2. The Morgan fingerprint density at radius 1 is 1.10 bits per heavy atom. The molecule has 6 rings (SSSR count). The van der Waals surface area contributed by atoms with Crippen LogP contribution in [-0.2, 0) is 9.53 Å². The third-order valence-electron chi connectivity index (χ3n) is 9.17. The van der Waals surface area contributed by atoms with Crippen molar-refractivity contribution in [2.75, 3.05) is 13.2 Å². The first-order valence-electron chi connectivity index (χ1n) is 14.4. The Labute approximate surface area is 239 Å². The Kier molecular flexibility index (Phi) is 6.54. The smallest absolute Gasteiger partial charge is 0.251 e. The Bertz CT molecular complexity index is 1410. The number of aliphatic hydroxyl groups is 1. The molecule has 218 valence electrons. The molecule has 4 aliphatic rings. The molecule has 2 aromatic rings. The summed E-state index contributed by atoms with van der Waals surface area (Å²) in [4.78, 5) is 33.7. The number of amides is 2. The van der Waals surface area contributed by atoms with Gasteiger partial charge in [-0.15, -0.1) is 0 Å². The van der Waals surface area contributed by atoms with Gasteiger partial charge in [0.1, 0.15) is 23.2 Å². The van der Waals surface area contributed by atoms with Crippen LogP contribution in [-0.4, -0.2) is 63.8 Å². The maximum absolute atomic E-state index is 13.7. The van der Waals surface area contributed by atoms with E-state index >= 15 is 0 Å². The first-order chi connectivity index (χ1) is 19.5. The predicted molar refractivity (Wildman–Crippen MR) is 152 cm³/mol. The van der Waals surface area contributed by atoms with Gasteiger partial charge in [-0.05, 0) is 51.0 Å². The number of fused-ring (bicyclic) bond motifs is 2. The summed E-state index contributed by atoms with van der Waals surface area (Å²) in [5, 5.41) is 14.2. The zero-order chi connectivity index (χ0) is 29.2. The molecule has 41 heavy (non-hydrogen) atoms. The van der Waals surface area contributed by atoms with Gasteiger partial charge in [0, 0.05) is 23.1 Å². The number of rotatable bonds is 5. The first kappa shape index (κ1) is 27.5. The summed E-state index contributed by atoms with van der Waals surface area (Å²) in [6, 6.07) is 11.4. The van der Waals surface area contributed by atoms with E-state index in [1.807, 2.05) is 38.1 Å². The van der Waals surface area contributed by atoms with Crippen LogP contribution in [0.15, 0.2) is 47.5 Å². The van der Waals surface area contributed by atoms with Crippen LogP contribution >= 0.6 is 0 Å². The summed E-state index contributed by atoms with van der Waals surface area (Å²) < 4.78 is 17.9. The molecule has 0 saturated carbocycles. The number of aliphatic imine (C=N–C) groups is 1. The molecule has 4 aliphatic heterocycles. The number of nitrogens with zero attached hydrogens (tertiary/aromatic N) is 2. The van der Waals surface area contributed by atoms with Gasteiger partial charge in [-0.1, -0.05) is 32.0 Å². The average Bonchev–Trinajstić information content (AvgIpc) is 2.93. The van der Waals surface area contributed by atoms with Gasteiger partial charge in [0.05, 0.1) is 37.3 Å². The van der Waals surface area contributed by atoms with Crippen molar-refractivity contribution in [1.29, 1.82) is 0 Å². The fourth-order valence-corrected chi connectivity index (χ4v) is 6.47. The van der Waals surface area contributed by atoms with E-state index in [9.17, 15) is 14.7 Å². The first-order valence-corrected chi connectivity index (χ1v) is 14.4. The third kappa shape index (κ3) is 4.53. The highest BCUT2D eigenvalue weighted by Crippen LogP contribution is 2.47. The summed E-state index contributed by atoms with van der Waals surface area (Å²) in [6.07, 6.45) is 1.20. The van der Waals surface area contributed by atoms with Gasteiger partial charge in [0.15, 0.2) is 11.6 Å². The van der Waals surface area contributed by atoms with Crippen molar-refractivity contribution >= 4 is 17.8 Å². The maximum Gasteiger partial charge on any atom is 0.251 e. The lowest BCUT2D eigenvalue weighted by Crippen LogP contribution is -2.61. The van der Waals surface area contributed by atoms with Gasteiger partial charge in [-0.2, -0.15) is 0 Å². The minimum atomic E-state index is -0.979. The van der Waals surface area contributed by atoms with Crippen molar-refractivity contribution < 1.29 is 28.9 Å². The summed E-state index contributed by atoms with van der Waals surface area (Å²) in [7, 11) is 0. The second-order valence-electron chi connectivity index (χ2n) is 12.2. The van der Waals surface area contributed by atoms with Crippen molar-refractivity contribution in [3.8, 4) is 11.5 Å². The molecule has 10 heteroatoms. The maximum atomic E-state index is 13.7. The van der Waals surface area contributed by atoms with E-state index in [0.717, 1.165) is 0 Å². The molecule has 4 heterocycles. The largest absolute Gasteiger partial charge is 0.485 e. The molecule has 0 aromatic heterocycles. The van der Waals surface area contributed by atoms with Gasteiger partial charge in [0.25, 0.3) is 5.91 Å². The lowest BCUT2D eigenvalue weighted by molar-refractivity contribution is -0.180. The van der Waals surface area contributed by atoms with Crippen LogP contribution in [0.25, 0.3) is 0 Å². The van der Waals surface area contributed by atoms with Gasteiger partial charge in [-0.3, -0.25) is 14.5 Å². The topological polar surface area (TPSA) is 136 Å². The molecule has 0 bridgehead atoms. The average molecular weight is 563 g/mol. The second-order valence-corrected chi connectivity index (χ2v) is 12.2. The molecular formula is C31H38N4O6. The van der Waals surface area contributed by atoms with E-state index in [1.54, 1.807) is 36.9 Å². The number of carbonyl (C=O) groups excluding carboxylic acids is 2. The lowest BCUT2D eigenvalue weighted by Gasteiger charge is -2.50. The summed E-state index contributed by atoms with van der Waals surface area (Å²) in [6.45, 7) is 8.45. The number of nitrogens with two attached hydrogens (primary N) is 1. The van der Waals surface area contributed by atoms with Crippen molar-refractivity contribution in [1.82, 2.24) is 10.2 Å². The number of hydrogen-bond acceptors (Lipinski definition) is 8. The van der Waals surface area contributed by atoms with Crippen molar-refractivity contribution in [2.45, 2.75) is 88.3 Å². The molecular weight excluding hydrogens is 524 g/mol. The zero-order valence-corrected chi connectivity index (χ0v) is 24.0. The molecule has 0 radical (unpaired) electrons. The number of aliphatic hydroxyl groups excluding tert-OH is 1. The van der Waals surface area contributed by atoms with Crippen molar-refractivity contribution in [3.05, 3.63) is 59.2 Å². The highest BCUT2D eigenvalue weighted by Gasteiger charge is 2.51. The third-order valence-corrected chi connectivity index (χ3v) is 9.17. The van der Waals surface area contributed by atoms with E-state index in [1.165, 1.54) is 0 Å². The standard InChI is InChI=1S/C31H38N4O6/c1-5-30(6-2)15-24(36)35(28(32)34-30)21-14-31(16-39-17-31)41-23-12-11-18(13-20(21)23)27(38)33-25-19-9-7-8-10-22(19)40-29(3,4)26(25)37/h7-13,21,25-26,37H,5-6,14-17H2,1-4H3,(H2,32,34)(H,33,38)/t21-,25-,26+/m1/s1. The highest BCUT2D eigenvalue weighted by atomic mass is 16.6. The molecule has 4 N–H and O–H groups in total. The Balaban J connectivity index is 1.35. The fraction of sp³-hybridized carbons (Fsp3) is 0.516. The number of guanidine groups is 1. The zero-order valence-electron chi connectivity index (χ0n) is 24.0. The Hall–Kier alpha value is -3.63. The Morgan fingerprint density at radius 2 is 1.80 bits per heavy atom. The van der Waals surface area contributed by atoms with Crippen LogP contribution in [0.3, 0.4) is 0 Å². The molecule has 2 aromatic carbocycles. The predicted octanol–water partition coefficient (Wildman–Crippen LogP) is 3.39. The minimum Gasteiger partial charge on any atom is -0.485 e. The highest BCUT2D eigenvalue weighted by molar-refractivity contribution is 6.00. The molecule has 10 nitrogen and oxygen atoms in total. The molecule has 0 aliphatic carbocycles. The van der Waals surface area contributed by atoms with E-state index in [-0.39, 0.29) is 24.2 Å². The van der Waals surface area contributed by atoms with Gasteiger partial charge < -0.3 is 30.4 Å². The van der Waals surface area contributed by atoms with Crippen LogP contribution < -0.4 is 20.5 Å². The van der Waals surface area contributed by atoms with E-state index < -0.39 is 34.9 Å². The molecule has 1 saturated heterocycles. The van der Waals surface area contributed by atoms with Crippen LogP contribution in [0.4, 0.5) is 0 Å². The molecule has 2 amide bonds. The van der Waals surface area contributed by atoms with Crippen molar-refractivity contribution in [2.24, 2.45) is 10.7 Å². The quantitative estimate of drug-likeness (QED) is 0.508. The lowest BCUT2D eigenvalue weighted by atomic mass is 9.82. The van der Waals surface area contributed by atoms with Crippen molar-refractivity contribution in [3.63, 3.8) is 0 Å². The number of hydrogen-bond donors (Lipinski definition) is 3. The van der Waals surface area contributed by atoms with Crippen LogP contribution in [0.5, 0.6) is 11.5 Å². The molecule has 3 atom stereocenters. The van der Waals surface area contributed by atoms with Gasteiger partial charge in [0.2, 0.25) is 5.91 Å². The normalized spacial score (nSPS) is 27.0. The van der Waals surface area contributed by atoms with Crippen LogP contribution in [0.1, 0.15) is 86.9 Å². The molecule has 1 spiro atoms. The number of para-hydroxylation sites is 1. The number of nitrogens with one attached hydrogen (secondary N) is 1. The summed E-state index contributed by atoms with van der Waals surface area (Å²) >= 11 is 0. The van der Waals surface area contributed by atoms with Crippen LogP contribution in [0.2, 0.25) is 0 Å². The number of benzene rings is 2. The SMILES string of the molecule is CCC1(CC)CC(=O)N([C@@H]2CC3(COC3)Oc3ccc(C(=O)N[C@@H]4c5ccccc5OC(C)(C)[C@H]4O)cc32)C(N)=N1. The van der Waals surface area contributed by atoms with E-state index in [0.29, 0.717) is 60.7 Å². The number of ether oxygens (including phenoxy) is 3. The second kappa shape index (κ2) is 9.73. The Morgan fingerprint density at radius 3 is 2.46 bits per heavy atom. The minimum absolute atomic E-state index is 0.0894. The summed E-state index contributed by atoms with van der Waals surface area (Å²) in [5.41, 5.74) is 6.31. The van der Waals surface area contributed by atoms with Crippen LogP contribution in [0, 0.1) is 0 Å². The monoisotopic (exact) mass is 562 g/mol. The molecule has 1 fully saturated rings. The molecule has 0 unspecified atom stereocenters. The van der Waals surface area contributed by atoms with E-state index in [4.69, 9.17) is 24.9 Å². The fourth-order valence-electron chi connectivity index (χ4n) is 6.47.